The fourth-order valence-corrected chi connectivity index (χ4v) is 1.75. The fraction of sp³-hybridized carbons (Fsp3) is 0. The van der Waals surface area contributed by atoms with Crippen LogP contribution in [0.4, 0.5) is 11.6 Å². The summed E-state index contributed by atoms with van der Waals surface area (Å²) >= 11 is 3.03. The van der Waals surface area contributed by atoms with Crippen molar-refractivity contribution in [1.29, 1.82) is 0 Å². The second-order valence-electron chi connectivity index (χ2n) is 3.20. The maximum absolute atomic E-state index is 10.7. The molecule has 0 radical (unpaired) electrons. The monoisotopic (exact) mass is 299 g/mol. The molecule has 1 aromatic carbocycles. The molecule has 1 heterocycles. The van der Waals surface area contributed by atoms with E-state index in [1.165, 1.54) is 18.2 Å². The van der Waals surface area contributed by atoms with Crippen LogP contribution in [-0.4, -0.2) is 15.2 Å². The van der Waals surface area contributed by atoms with Crippen LogP contribution in [0.3, 0.4) is 0 Å². The Balaban J connectivity index is 2.60. The molecule has 0 saturated carbocycles. The van der Waals surface area contributed by atoms with Gasteiger partial charge < -0.3 is 15.4 Å². The molecule has 0 aliphatic rings. The van der Waals surface area contributed by atoms with E-state index in [4.69, 9.17) is 5.73 Å². The summed E-state index contributed by atoms with van der Waals surface area (Å²) in [5.74, 6) is -0.331. The van der Waals surface area contributed by atoms with E-state index in [0.717, 1.165) is 0 Å². The fourth-order valence-electron chi connectivity index (χ4n) is 1.30. The van der Waals surface area contributed by atoms with E-state index < -0.39 is 16.4 Å². The molecule has 1 aromatic heterocycles. The van der Waals surface area contributed by atoms with Gasteiger partial charge in [0, 0.05) is 17.7 Å². The van der Waals surface area contributed by atoms with Crippen molar-refractivity contribution >= 4 is 27.5 Å². The highest BCUT2D eigenvalue weighted by Gasteiger charge is 2.19. The maximum atomic E-state index is 10.7. The van der Waals surface area contributed by atoms with Crippen molar-refractivity contribution in [3.05, 3.63) is 32.8 Å². The molecule has 2 aromatic rings. The van der Waals surface area contributed by atoms with Crippen LogP contribution in [0, 0.1) is 10.1 Å². The summed E-state index contributed by atoms with van der Waals surface area (Å²) in [5, 5.41) is 23.8. The quantitative estimate of drug-likeness (QED) is 0.649. The molecule has 17 heavy (non-hydrogen) atoms. The van der Waals surface area contributed by atoms with Gasteiger partial charge in [0.2, 0.25) is 11.6 Å². The van der Waals surface area contributed by atoms with Crippen LogP contribution in [0.15, 0.2) is 27.2 Å². The van der Waals surface area contributed by atoms with Crippen LogP contribution in [0.25, 0.3) is 11.3 Å². The molecule has 0 atom stereocenters. The molecule has 8 heteroatoms. The van der Waals surface area contributed by atoms with Crippen molar-refractivity contribution < 1.29 is 14.6 Å². The Labute approximate surface area is 103 Å². The summed E-state index contributed by atoms with van der Waals surface area (Å²) in [4.78, 5) is 10.0. The molecule has 0 fully saturated rings. The van der Waals surface area contributed by atoms with Crippen molar-refractivity contribution in [3.63, 3.8) is 0 Å². The Morgan fingerprint density at radius 1 is 1.47 bits per heavy atom. The molecular weight excluding hydrogens is 294 g/mol. The molecule has 0 aliphatic heterocycles. The van der Waals surface area contributed by atoms with Gasteiger partial charge in [0.1, 0.15) is 5.69 Å². The molecule has 2 rings (SSSR count). The number of hydrogen-bond donors (Lipinski definition) is 2. The Kier molecular flexibility index (Phi) is 2.72. The molecule has 7 nitrogen and oxygen atoms in total. The molecule has 0 unspecified atom stereocenters. The Bertz CT molecular complexity index is 596. The van der Waals surface area contributed by atoms with Crippen LogP contribution in [0.1, 0.15) is 0 Å². The summed E-state index contributed by atoms with van der Waals surface area (Å²) in [5.41, 5.74) is 5.71. The van der Waals surface area contributed by atoms with Gasteiger partial charge >= 0.3 is 5.69 Å². The van der Waals surface area contributed by atoms with Crippen LogP contribution in [-0.2, 0) is 0 Å². The molecule has 0 saturated heterocycles. The third kappa shape index (κ3) is 2.07. The molecule has 3 N–H and O–H groups in total. The first kappa shape index (κ1) is 11.4. The average molecular weight is 300 g/mol. The number of nitrogens with zero attached hydrogens (tertiary/aromatic N) is 2. The number of halogens is 1. The summed E-state index contributed by atoms with van der Waals surface area (Å²) in [7, 11) is 0. The number of hydrogen-bond acceptors (Lipinski definition) is 6. The predicted molar refractivity (Wildman–Crippen MR) is 62.4 cm³/mol. The minimum absolute atomic E-state index is 0.104. The van der Waals surface area contributed by atoms with Gasteiger partial charge in [-0.25, -0.2) is 0 Å². The number of anilines is 1. The Morgan fingerprint density at radius 2 is 2.18 bits per heavy atom. The van der Waals surface area contributed by atoms with Crippen molar-refractivity contribution in [3.8, 4) is 17.0 Å². The third-order valence-electron chi connectivity index (χ3n) is 2.06. The van der Waals surface area contributed by atoms with Crippen LogP contribution >= 0.6 is 15.9 Å². The zero-order valence-electron chi connectivity index (χ0n) is 8.25. The van der Waals surface area contributed by atoms with E-state index in [2.05, 4.69) is 25.6 Å². The van der Waals surface area contributed by atoms with E-state index in [9.17, 15) is 15.2 Å². The van der Waals surface area contributed by atoms with Gasteiger partial charge in [0.25, 0.3) is 0 Å². The molecule has 88 valence electrons. The minimum Gasteiger partial charge on any atom is -0.501 e. The number of rotatable bonds is 2. The molecule has 0 aliphatic carbocycles. The van der Waals surface area contributed by atoms with Crippen LogP contribution in [0.2, 0.25) is 0 Å². The number of nitro groups is 1. The normalized spacial score (nSPS) is 10.4. The zero-order chi connectivity index (χ0) is 12.6. The van der Waals surface area contributed by atoms with Gasteiger partial charge in [-0.05, 0) is 22.0 Å². The number of phenolic OH excluding ortho intramolecular Hbond substituents is 1. The lowest BCUT2D eigenvalue weighted by molar-refractivity contribution is -0.385. The molecule has 0 spiro atoms. The van der Waals surface area contributed by atoms with Crippen LogP contribution < -0.4 is 5.73 Å². The third-order valence-corrected chi connectivity index (χ3v) is 2.67. The number of phenols is 1. The number of nitro benzene ring substituents is 1. The summed E-state index contributed by atoms with van der Waals surface area (Å²) < 4.78 is 4.87. The highest BCUT2D eigenvalue weighted by atomic mass is 79.9. The van der Waals surface area contributed by atoms with E-state index in [0.29, 0.717) is 11.3 Å². The van der Waals surface area contributed by atoms with Gasteiger partial charge in [0.15, 0.2) is 0 Å². The predicted octanol–water partition coefficient (Wildman–Crippen LogP) is 2.30. The lowest BCUT2D eigenvalue weighted by Crippen LogP contribution is -1.90. The van der Waals surface area contributed by atoms with E-state index in [1.54, 1.807) is 0 Å². The number of benzene rings is 1. The van der Waals surface area contributed by atoms with Crippen molar-refractivity contribution in [2.24, 2.45) is 0 Å². The summed E-state index contributed by atoms with van der Waals surface area (Å²) in [6.45, 7) is 0. The Hall–Kier alpha value is -2.09. The van der Waals surface area contributed by atoms with Crippen molar-refractivity contribution in [2.75, 3.05) is 5.73 Å². The van der Waals surface area contributed by atoms with E-state index in [1.807, 2.05) is 0 Å². The number of nitrogen functional groups attached to an aromatic ring is 1. The maximum Gasteiger partial charge on any atom is 0.312 e. The highest BCUT2D eigenvalue weighted by Crippen LogP contribution is 2.38. The van der Waals surface area contributed by atoms with Gasteiger partial charge in [-0.15, -0.1) is 0 Å². The van der Waals surface area contributed by atoms with Gasteiger partial charge in [-0.2, -0.15) is 0 Å². The second kappa shape index (κ2) is 4.06. The highest BCUT2D eigenvalue weighted by molar-refractivity contribution is 9.10. The smallest absolute Gasteiger partial charge is 0.312 e. The first-order chi connectivity index (χ1) is 7.99. The second-order valence-corrected chi connectivity index (χ2v) is 4.05. The molecule has 0 bridgehead atoms. The summed E-state index contributed by atoms with van der Waals surface area (Å²) in [6.07, 6.45) is 0. The standard InChI is InChI=1S/C9H6BrN3O4/c10-5-1-4(6-3-8(11)17-12-6)2-7(9(5)14)13(15)16/h1-3,14H,11H2. The SMILES string of the molecule is Nc1cc(-c2cc(Br)c(O)c([N+](=O)[O-])c2)no1. The van der Waals surface area contributed by atoms with E-state index in [-0.39, 0.29) is 10.4 Å². The minimum atomic E-state index is -0.687. The van der Waals surface area contributed by atoms with Crippen LogP contribution in [0.5, 0.6) is 5.75 Å². The number of aromatic nitrogens is 1. The summed E-state index contributed by atoms with van der Waals surface area (Å²) in [6, 6.07) is 4.11. The van der Waals surface area contributed by atoms with Crippen molar-refractivity contribution in [1.82, 2.24) is 5.16 Å². The number of nitrogens with two attached hydrogens (primary N) is 1. The van der Waals surface area contributed by atoms with Gasteiger partial charge in [0.05, 0.1) is 9.40 Å². The Morgan fingerprint density at radius 3 is 2.71 bits per heavy atom. The topological polar surface area (TPSA) is 115 Å². The van der Waals surface area contributed by atoms with Gasteiger partial charge in [-0.1, -0.05) is 5.16 Å². The molecular formula is C9H6BrN3O4. The lowest BCUT2D eigenvalue weighted by atomic mass is 10.1. The first-order valence-corrected chi connectivity index (χ1v) is 5.18. The van der Waals surface area contributed by atoms with Crippen molar-refractivity contribution in [2.45, 2.75) is 0 Å². The largest absolute Gasteiger partial charge is 0.501 e. The lowest BCUT2D eigenvalue weighted by Gasteiger charge is -2.01. The molecule has 0 amide bonds. The first-order valence-electron chi connectivity index (χ1n) is 4.38. The van der Waals surface area contributed by atoms with E-state index >= 15 is 0 Å². The average Bonchev–Trinajstić information content (AvgIpc) is 2.68. The number of aromatic hydroxyl groups is 1. The zero-order valence-corrected chi connectivity index (χ0v) is 9.84. The van der Waals surface area contributed by atoms with Gasteiger partial charge in [-0.3, -0.25) is 10.1 Å².